The normalized spacial score (nSPS) is 10.3. The highest BCUT2D eigenvalue weighted by Crippen LogP contribution is 2.24. The minimum Gasteiger partial charge on any atom is -0.508 e. The summed E-state index contributed by atoms with van der Waals surface area (Å²) >= 11 is 0. The third kappa shape index (κ3) is 2.65. The molecule has 0 aliphatic carbocycles. The van der Waals surface area contributed by atoms with E-state index in [9.17, 15) is 5.11 Å². The first-order valence-electron chi connectivity index (χ1n) is 6.39. The average Bonchev–Trinajstić information content (AvgIpc) is 2.42. The molecule has 2 heteroatoms. The van der Waals surface area contributed by atoms with Gasteiger partial charge in [-0.2, -0.15) is 0 Å². The summed E-state index contributed by atoms with van der Waals surface area (Å²) in [7, 11) is 0. The Hall–Kier alpha value is -1.96. The summed E-state index contributed by atoms with van der Waals surface area (Å²) in [5, 5.41) is 9.28. The van der Waals surface area contributed by atoms with Gasteiger partial charge in [0.2, 0.25) is 0 Å². The quantitative estimate of drug-likeness (QED) is 0.877. The van der Waals surface area contributed by atoms with Crippen molar-refractivity contribution in [2.24, 2.45) is 0 Å². The summed E-state index contributed by atoms with van der Waals surface area (Å²) in [6, 6.07) is 15.8. The van der Waals surface area contributed by atoms with Crippen LogP contribution >= 0.6 is 0 Å². The summed E-state index contributed by atoms with van der Waals surface area (Å²) in [6.07, 6.45) is 0. The number of anilines is 1. The minimum absolute atomic E-state index is 0.304. The Morgan fingerprint density at radius 2 is 1.22 bits per heavy atom. The molecule has 0 spiro atoms. The Morgan fingerprint density at radius 3 is 1.67 bits per heavy atom. The summed E-state index contributed by atoms with van der Waals surface area (Å²) in [5.41, 5.74) is 3.55. The van der Waals surface area contributed by atoms with Crippen molar-refractivity contribution in [1.82, 2.24) is 0 Å². The van der Waals surface area contributed by atoms with E-state index >= 15 is 0 Å². The smallest absolute Gasteiger partial charge is 0.115 e. The lowest BCUT2D eigenvalue weighted by Crippen LogP contribution is -2.21. The van der Waals surface area contributed by atoms with Crippen LogP contribution in [0.4, 0.5) is 5.69 Å². The van der Waals surface area contributed by atoms with E-state index in [-0.39, 0.29) is 0 Å². The molecule has 0 aliphatic rings. The highest BCUT2D eigenvalue weighted by atomic mass is 16.3. The SMILES string of the molecule is CCN(CC)c1ccc(-c2ccc(O)cc2)cc1. The fraction of sp³-hybridized carbons (Fsp3) is 0.250. The molecule has 0 amide bonds. The van der Waals surface area contributed by atoms with Gasteiger partial charge in [-0.15, -0.1) is 0 Å². The van der Waals surface area contributed by atoms with Gasteiger partial charge in [0.25, 0.3) is 0 Å². The van der Waals surface area contributed by atoms with Crippen molar-refractivity contribution in [2.75, 3.05) is 18.0 Å². The number of hydrogen-bond acceptors (Lipinski definition) is 2. The molecule has 0 saturated carbocycles. The van der Waals surface area contributed by atoms with Crippen LogP contribution in [0.3, 0.4) is 0 Å². The third-order valence-corrected chi connectivity index (χ3v) is 3.20. The first-order valence-corrected chi connectivity index (χ1v) is 6.39. The second kappa shape index (κ2) is 5.58. The molecule has 18 heavy (non-hydrogen) atoms. The molecule has 94 valence electrons. The highest BCUT2D eigenvalue weighted by molar-refractivity contribution is 5.66. The molecule has 0 radical (unpaired) electrons. The van der Waals surface area contributed by atoms with Crippen LogP contribution in [0.15, 0.2) is 48.5 Å². The molecule has 2 aromatic rings. The van der Waals surface area contributed by atoms with E-state index in [1.54, 1.807) is 12.1 Å². The second-order valence-electron chi connectivity index (χ2n) is 4.27. The molecule has 0 aromatic heterocycles. The molecule has 0 atom stereocenters. The van der Waals surface area contributed by atoms with Crippen LogP contribution in [0.2, 0.25) is 0 Å². The number of hydrogen-bond donors (Lipinski definition) is 1. The van der Waals surface area contributed by atoms with Gasteiger partial charge in [0.05, 0.1) is 0 Å². The zero-order chi connectivity index (χ0) is 13.0. The lowest BCUT2D eigenvalue weighted by atomic mass is 10.1. The van der Waals surface area contributed by atoms with E-state index in [1.165, 1.54) is 11.3 Å². The molecule has 0 fully saturated rings. The van der Waals surface area contributed by atoms with E-state index in [2.05, 4.69) is 43.0 Å². The van der Waals surface area contributed by atoms with Gasteiger partial charge in [-0.25, -0.2) is 0 Å². The number of phenolic OH excluding ortho intramolecular Hbond substituents is 1. The number of nitrogens with zero attached hydrogens (tertiary/aromatic N) is 1. The van der Waals surface area contributed by atoms with E-state index in [0.29, 0.717) is 5.75 Å². The summed E-state index contributed by atoms with van der Waals surface area (Å²) in [5.74, 6) is 0.304. The predicted octanol–water partition coefficient (Wildman–Crippen LogP) is 3.91. The Bertz CT molecular complexity index is 484. The second-order valence-corrected chi connectivity index (χ2v) is 4.27. The first kappa shape index (κ1) is 12.5. The van der Waals surface area contributed by atoms with E-state index < -0.39 is 0 Å². The molecular formula is C16H19NO. The molecule has 0 heterocycles. The number of rotatable bonds is 4. The van der Waals surface area contributed by atoms with E-state index in [1.807, 2.05) is 12.1 Å². The fourth-order valence-electron chi connectivity index (χ4n) is 2.11. The zero-order valence-electron chi connectivity index (χ0n) is 10.9. The Labute approximate surface area is 109 Å². The Kier molecular flexibility index (Phi) is 3.88. The van der Waals surface area contributed by atoms with Gasteiger partial charge in [0.15, 0.2) is 0 Å². The van der Waals surface area contributed by atoms with E-state index in [4.69, 9.17) is 0 Å². The van der Waals surface area contributed by atoms with Crippen LogP contribution in [-0.2, 0) is 0 Å². The standard InChI is InChI=1S/C16H19NO/c1-3-17(4-2)15-9-5-13(6-10-15)14-7-11-16(18)12-8-14/h5-12,18H,3-4H2,1-2H3. The van der Waals surface area contributed by atoms with Crippen molar-refractivity contribution in [3.05, 3.63) is 48.5 Å². The van der Waals surface area contributed by atoms with Gasteiger partial charge < -0.3 is 10.0 Å². The van der Waals surface area contributed by atoms with Crippen molar-refractivity contribution in [3.63, 3.8) is 0 Å². The number of benzene rings is 2. The van der Waals surface area contributed by atoms with Gasteiger partial charge in [0.1, 0.15) is 5.75 Å². The number of phenols is 1. The zero-order valence-corrected chi connectivity index (χ0v) is 10.9. The molecule has 2 rings (SSSR count). The number of aromatic hydroxyl groups is 1. The average molecular weight is 241 g/mol. The minimum atomic E-state index is 0.304. The predicted molar refractivity (Wildman–Crippen MR) is 77.1 cm³/mol. The maximum atomic E-state index is 9.28. The molecule has 0 bridgehead atoms. The van der Waals surface area contributed by atoms with Crippen molar-refractivity contribution in [3.8, 4) is 16.9 Å². The van der Waals surface area contributed by atoms with Crippen LogP contribution in [0, 0.1) is 0 Å². The maximum absolute atomic E-state index is 9.28. The largest absolute Gasteiger partial charge is 0.508 e. The van der Waals surface area contributed by atoms with Gasteiger partial charge in [-0.1, -0.05) is 24.3 Å². The fourth-order valence-corrected chi connectivity index (χ4v) is 2.11. The molecule has 2 aromatic carbocycles. The maximum Gasteiger partial charge on any atom is 0.115 e. The monoisotopic (exact) mass is 241 g/mol. The summed E-state index contributed by atoms with van der Waals surface area (Å²) in [4.78, 5) is 2.32. The third-order valence-electron chi connectivity index (χ3n) is 3.20. The molecule has 0 unspecified atom stereocenters. The lowest BCUT2D eigenvalue weighted by Gasteiger charge is -2.21. The van der Waals surface area contributed by atoms with Crippen molar-refractivity contribution >= 4 is 5.69 Å². The molecule has 1 N–H and O–H groups in total. The molecular weight excluding hydrogens is 222 g/mol. The lowest BCUT2D eigenvalue weighted by molar-refractivity contribution is 0.475. The van der Waals surface area contributed by atoms with Crippen LogP contribution in [0.1, 0.15) is 13.8 Å². The Balaban J connectivity index is 2.24. The Morgan fingerprint density at radius 1 is 0.778 bits per heavy atom. The summed E-state index contributed by atoms with van der Waals surface area (Å²) in [6.45, 7) is 6.37. The molecule has 0 aliphatic heterocycles. The van der Waals surface area contributed by atoms with Crippen LogP contribution in [0.5, 0.6) is 5.75 Å². The van der Waals surface area contributed by atoms with Crippen LogP contribution in [-0.4, -0.2) is 18.2 Å². The highest BCUT2D eigenvalue weighted by Gasteiger charge is 2.02. The van der Waals surface area contributed by atoms with Crippen LogP contribution < -0.4 is 4.90 Å². The van der Waals surface area contributed by atoms with Crippen molar-refractivity contribution in [2.45, 2.75) is 13.8 Å². The summed E-state index contributed by atoms with van der Waals surface area (Å²) < 4.78 is 0. The van der Waals surface area contributed by atoms with Gasteiger partial charge >= 0.3 is 0 Å². The molecule has 2 nitrogen and oxygen atoms in total. The first-order chi connectivity index (χ1) is 8.74. The molecule has 0 saturated heterocycles. The van der Waals surface area contributed by atoms with Crippen molar-refractivity contribution < 1.29 is 5.11 Å². The van der Waals surface area contributed by atoms with Crippen molar-refractivity contribution in [1.29, 1.82) is 0 Å². The van der Waals surface area contributed by atoms with Gasteiger partial charge in [0, 0.05) is 18.8 Å². The van der Waals surface area contributed by atoms with Crippen LogP contribution in [0.25, 0.3) is 11.1 Å². The van der Waals surface area contributed by atoms with Gasteiger partial charge in [-0.05, 0) is 49.2 Å². The topological polar surface area (TPSA) is 23.5 Å². The van der Waals surface area contributed by atoms with E-state index in [0.717, 1.165) is 18.7 Å². The van der Waals surface area contributed by atoms with Gasteiger partial charge in [-0.3, -0.25) is 0 Å².